The third-order valence-electron chi connectivity index (χ3n) is 8.04. The lowest BCUT2D eigenvalue weighted by Crippen LogP contribution is -2.11. The van der Waals surface area contributed by atoms with Crippen LogP contribution in [0.5, 0.6) is 0 Å². The van der Waals surface area contributed by atoms with Crippen LogP contribution in [0.1, 0.15) is 0 Å². The summed E-state index contributed by atoms with van der Waals surface area (Å²) < 4.78 is 6.25. The minimum Gasteiger partial charge on any atom is -0.456 e. The number of para-hydroxylation sites is 2. The molecule has 0 N–H and O–H groups in total. The normalized spacial score (nSPS) is 11.3. The molecule has 1 aromatic heterocycles. The highest BCUT2D eigenvalue weighted by Gasteiger charge is 2.18. The molecular weight excluding hydrogens is 510 g/mol. The number of hydrogen-bond acceptors (Lipinski definition) is 2. The molecule has 2 heteroatoms. The van der Waals surface area contributed by atoms with Crippen molar-refractivity contribution < 1.29 is 4.42 Å². The summed E-state index contributed by atoms with van der Waals surface area (Å²) in [6.45, 7) is 0. The Labute approximate surface area is 244 Å². The van der Waals surface area contributed by atoms with E-state index in [-0.39, 0.29) is 0 Å². The molecule has 2 nitrogen and oxygen atoms in total. The summed E-state index contributed by atoms with van der Waals surface area (Å²) in [6, 6.07) is 58.0. The minimum atomic E-state index is 0.907. The smallest absolute Gasteiger partial charge is 0.136 e. The van der Waals surface area contributed by atoms with Gasteiger partial charge in [-0.05, 0) is 76.0 Å². The fourth-order valence-electron chi connectivity index (χ4n) is 5.99. The van der Waals surface area contributed by atoms with Gasteiger partial charge in [0.1, 0.15) is 11.2 Å². The molecule has 0 atom stereocenters. The van der Waals surface area contributed by atoms with Gasteiger partial charge in [-0.3, -0.25) is 0 Å². The van der Waals surface area contributed by atoms with Crippen molar-refractivity contribution in [1.29, 1.82) is 0 Å². The zero-order valence-corrected chi connectivity index (χ0v) is 22.9. The zero-order chi connectivity index (χ0) is 27.9. The van der Waals surface area contributed by atoms with Crippen LogP contribution < -0.4 is 4.90 Å². The molecule has 8 aromatic rings. The van der Waals surface area contributed by atoms with E-state index in [1.54, 1.807) is 0 Å². The second-order valence-corrected chi connectivity index (χ2v) is 10.6. The number of anilines is 3. The Kier molecular flexibility index (Phi) is 5.82. The van der Waals surface area contributed by atoms with Crippen molar-refractivity contribution in [1.82, 2.24) is 0 Å². The molecule has 198 valence electrons. The maximum atomic E-state index is 6.25. The summed E-state index contributed by atoms with van der Waals surface area (Å²) in [5, 5.41) is 4.62. The Hall–Kier alpha value is -5.60. The van der Waals surface area contributed by atoms with Crippen LogP contribution in [0.2, 0.25) is 0 Å². The van der Waals surface area contributed by atoms with Crippen LogP contribution in [-0.2, 0) is 0 Å². The molecule has 0 spiro atoms. The number of hydrogen-bond donors (Lipinski definition) is 0. The predicted octanol–water partition coefficient (Wildman–Crippen LogP) is 11.5. The Balaban J connectivity index is 1.32. The van der Waals surface area contributed by atoms with E-state index in [2.05, 4.69) is 157 Å². The van der Waals surface area contributed by atoms with E-state index in [0.717, 1.165) is 44.4 Å². The van der Waals surface area contributed by atoms with Gasteiger partial charge in [0.25, 0.3) is 0 Å². The fourth-order valence-corrected chi connectivity index (χ4v) is 5.99. The zero-order valence-electron chi connectivity index (χ0n) is 22.9. The van der Waals surface area contributed by atoms with Crippen LogP contribution in [-0.4, -0.2) is 0 Å². The largest absolute Gasteiger partial charge is 0.456 e. The topological polar surface area (TPSA) is 16.4 Å². The molecule has 0 radical (unpaired) electrons. The molecule has 0 saturated carbocycles. The summed E-state index contributed by atoms with van der Waals surface area (Å²) in [4.78, 5) is 2.36. The third-order valence-corrected chi connectivity index (χ3v) is 8.04. The van der Waals surface area contributed by atoms with E-state index in [9.17, 15) is 0 Å². The Morgan fingerprint density at radius 2 is 1.02 bits per heavy atom. The molecule has 0 amide bonds. The maximum absolute atomic E-state index is 6.25. The van der Waals surface area contributed by atoms with Crippen LogP contribution in [0.25, 0.3) is 55.0 Å². The van der Waals surface area contributed by atoms with E-state index in [1.165, 1.54) is 27.6 Å². The average Bonchev–Trinajstić information content (AvgIpc) is 3.42. The van der Waals surface area contributed by atoms with Gasteiger partial charge < -0.3 is 9.32 Å². The molecule has 0 bridgehead atoms. The molecule has 1 heterocycles. The van der Waals surface area contributed by atoms with Crippen molar-refractivity contribution in [2.45, 2.75) is 0 Å². The van der Waals surface area contributed by atoms with Gasteiger partial charge in [-0.2, -0.15) is 0 Å². The highest BCUT2D eigenvalue weighted by Crippen LogP contribution is 2.42. The van der Waals surface area contributed by atoms with Crippen molar-refractivity contribution in [2.24, 2.45) is 0 Å². The monoisotopic (exact) mass is 537 g/mol. The number of benzene rings is 7. The highest BCUT2D eigenvalue weighted by atomic mass is 16.3. The van der Waals surface area contributed by atoms with E-state index in [0.29, 0.717) is 0 Å². The first-order chi connectivity index (χ1) is 20.8. The fraction of sp³-hybridized carbons (Fsp3) is 0. The van der Waals surface area contributed by atoms with Gasteiger partial charge in [-0.15, -0.1) is 0 Å². The number of rotatable bonds is 5. The molecule has 0 aliphatic carbocycles. The molecule has 0 saturated heterocycles. The van der Waals surface area contributed by atoms with Gasteiger partial charge in [0, 0.05) is 27.7 Å². The molecule has 42 heavy (non-hydrogen) atoms. The first kappa shape index (κ1) is 24.2. The van der Waals surface area contributed by atoms with Gasteiger partial charge in [0.2, 0.25) is 0 Å². The second kappa shape index (κ2) is 10.1. The van der Waals surface area contributed by atoms with Crippen LogP contribution in [0.15, 0.2) is 168 Å². The summed E-state index contributed by atoms with van der Waals surface area (Å²) >= 11 is 0. The molecule has 8 rings (SSSR count). The summed E-state index contributed by atoms with van der Waals surface area (Å²) in [6.07, 6.45) is 0. The molecule has 7 aromatic carbocycles. The first-order valence-electron chi connectivity index (χ1n) is 14.3. The number of nitrogens with zero attached hydrogens (tertiary/aromatic N) is 1. The SMILES string of the molecule is c1ccc(-c2ccc(N(c3ccc4cc5c(cc4c3)oc3ccccc35)c3ccccc3-c3ccccc3)cc2)cc1. The van der Waals surface area contributed by atoms with Crippen LogP contribution in [0.3, 0.4) is 0 Å². The van der Waals surface area contributed by atoms with E-state index >= 15 is 0 Å². The van der Waals surface area contributed by atoms with E-state index in [4.69, 9.17) is 4.42 Å². The average molecular weight is 538 g/mol. The standard InChI is InChI=1S/C40H27NO/c1-3-11-28(12-4-1)29-19-22-33(23-20-29)41(38-17-9-7-15-35(38)30-13-5-2-6-14-30)34-24-21-31-26-37-36-16-8-10-18-39(36)42-40(37)27-32(31)25-34/h1-27H. The van der Waals surface area contributed by atoms with Gasteiger partial charge in [-0.1, -0.05) is 115 Å². The van der Waals surface area contributed by atoms with Crippen molar-refractivity contribution in [2.75, 3.05) is 4.90 Å². The van der Waals surface area contributed by atoms with Crippen molar-refractivity contribution in [3.05, 3.63) is 164 Å². The van der Waals surface area contributed by atoms with Crippen LogP contribution in [0.4, 0.5) is 17.1 Å². The van der Waals surface area contributed by atoms with E-state index < -0.39 is 0 Å². The highest BCUT2D eigenvalue weighted by molar-refractivity contribution is 6.10. The third kappa shape index (κ3) is 4.22. The van der Waals surface area contributed by atoms with Crippen LogP contribution in [0, 0.1) is 0 Å². The molecule has 0 aliphatic rings. The first-order valence-corrected chi connectivity index (χ1v) is 14.3. The molecule has 0 aliphatic heterocycles. The predicted molar refractivity (Wildman–Crippen MR) is 177 cm³/mol. The lowest BCUT2D eigenvalue weighted by Gasteiger charge is -2.28. The minimum absolute atomic E-state index is 0.907. The quantitative estimate of drug-likeness (QED) is 0.217. The summed E-state index contributed by atoms with van der Waals surface area (Å²) in [5.74, 6) is 0. The van der Waals surface area contributed by atoms with Gasteiger partial charge in [0.15, 0.2) is 0 Å². The Bertz CT molecular complexity index is 2180. The second-order valence-electron chi connectivity index (χ2n) is 10.6. The Morgan fingerprint density at radius 1 is 0.381 bits per heavy atom. The Morgan fingerprint density at radius 3 is 1.83 bits per heavy atom. The summed E-state index contributed by atoms with van der Waals surface area (Å²) in [7, 11) is 0. The number of fused-ring (bicyclic) bond motifs is 4. The van der Waals surface area contributed by atoms with Crippen molar-refractivity contribution >= 4 is 49.8 Å². The maximum Gasteiger partial charge on any atom is 0.136 e. The molecular formula is C40H27NO. The number of furan rings is 1. The van der Waals surface area contributed by atoms with Gasteiger partial charge >= 0.3 is 0 Å². The summed E-state index contributed by atoms with van der Waals surface area (Å²) in [5.41, 5.74) is 9.91. The lowest BCUT2D eigenvalue weighted by molar-refractivity contribution is 0.669. The van der Waals surface area contributed by atoms with Crippen molar-refractivity contribution in [3.63, 3.8) is 0 Å². The molecule has 0 fully saturated rings. The van der Waals surface area contributed by atoms with Gasteiger partial charge in [0.05, 0.1) is 5.69 Å². The lowest BCUT2D eigenvalue weighted by atomic mass is 10.00. The van der Waals surface area contributed by atoms with Crippen molar-refractivity contribution in [3.8, 4) is 22.3 Å². The molecule has 0 unspecified atom stereocenters. The van der Waals surface area contributed by atoms with Crippen LogP contribution >= 0.6 is 0 Å². The van der Waals surface area contributed by atoms with E-state index in [1.807, 2.05) is 12.1 Å². The van der Waals surface area contributed by atoms with Gasteiger partial charge in [-0.25, -0.2) is 0 Å².